The van der Waals surface area contributed by atoms with Crippen molar-refractivity contribution in [2.24, 2.45) is 5.92 Å². The smallest absolute Gasteiger partial charge is 0.250 e. The number of hydrogen-bond acceptors (Lipinski definition) is 6. The average Bonchev–Trinajstić information content (AvgIpc) is 3.53. The molecule has 31 heavy (non-hydrogen) atoms. The topological polar surface area (TPSA) is 79.1 Å². The third kappa shape index (κ3) is 4.66. The molecular formula is C24H28N4O3. The van der Waals surface area contributed by atoms with Gasteiger partial charge in [-0.2, -0.15) is 4.98 Å². The van der Waals surface area contributed by atoms with Crippen LogP contribution in [0, 0.1) is 26.7 Å². The molecule has 2 unspecified atom stereocenters. The zero-order valence-corrected chi connectivity index (χ0v) is 18.5. The number of aryl methyl sites for hydroxylation is 2. The zero-order valence-electron chi connectivity index (χ0n) is 18.5. The molecule has 0 aromatic carbocycles. The fourth-order valence-corrected chi connectivity index (χ4v) is 3.92. The maximum absolute atomic E-state index is 12.3. The Morgan fingerprint density at radius 2 is 1.94 bits per heavy atom. The fraction of sp³-hybridized carbons (Fsp3) is 0.417. The summed E-state index contributed by atoms with van der Waals surface area (Å²) in [5.41, 5.74) is 4.64. The molecule has 2 atom stereocenters. The molecule has 1 fully saturated rings. The van der Waals surface area contributed by atoms with Crippen LogP contribution in [-0.4, -0.2) is 39.8 Å². The van der Waals surface area contributed by atoms with Crippen LogP contribution in [0.25, 0.3) is 11.1 Å². The number of aromatic nitrogens is 4. The molecule has 0 aliphatic heterocycles. The van der Waals surface area contributed by atoms with Gasteiger partial charge in [-0.1, -0.05) is 6.07 Å². The molecule has 0 spiro atoms. The van der Waals surface area contributed by atoms with Crippen LogP contribution in [0.2, 0.25) is 0 Å². The van der Waals surface area contributed by atoms with Gasteiger partial charge in [0.1, 0.15) is 5.82 Å². The van der Waals surface area contributed by atoms with Gasteiger partial charge in [0.15, 0.2) is 0 Å². The van der Waals surface area contributed by atoms with E-state index >= 15 is 0 Å². The van der Waals surface area contributed by atoms with Crippen LogP contribution >= 0.6 is 0 Å². The molecule has 3 heterocycles. The van der Waals surface area contributed by atoms with Gasteiger partial charge in [-0.15, -0.1) is 0 Å². The Balaban J connectivity index is 1.56. The van der Waals surface area contributed by atoms with Crippen molar-refractivity contribution >= 4 is 0 Å². The Morgan fingerprint density at radius 3 is 2.71 bits per heavy atom. The molecule has 1 aliphatic carbocycles. The van der Waals surface area contributed by atoms with Crippen molar-refractivity contribution in [3.63, 3.8) is 0 Å². The number of ether oxygens (including phenoxy) is 2. The number of nitrogens with zero attached hydrogens (tertiary/aromatic N) is 4. The Kier molecular flexibility index (Phi) is 6.13. The highest BCUT2D eigenvalue weighted by atomic mass is 16.5. The second-order valence-electron chi connectivity index (χ2n) is 8.07. The quantitative estimate of drug-likeness (QED) is 0.555. The van der Waals surface area contributed by atoms with Crippen molar-refractivity contribution in [1.29, 1.82) is 0 Å². The van der Waals surface area contributed by atoms with Gasteiger partial charge >= 0.3 is 0 Å². The molecule has 0 saturated heterocycles. The maximum atomic E-state index is 12.3. The van der Waals surface area contributed by atoms with E-state index < -0.39 is 0 Å². The lowest BCUT2D eigenvalue weighted by molar-refractivity contribution is 0.185. The van der Waals surface area contributed by atoms with Crippen LogP contribution in [-0.2, 0) is 11.3 Å². The second kappa shape index (κ2) is 8.98. The first kappa shape index (κ1) is 21.2. The lowest BCUT2D eigenvalue weighted by Crippen LogP contribution is -2.24. The van der Waals surface area contributed by atoms with Crippen molar-refractivity contribution in [1.82, 2.24) is 19.5 Å². The fourth-order valence-electron chi connectivity index (χ4n) is 3.92. The van der Waals surface area contributed by atoms with E-state index in [0.717, 1.165) is 34.6 Å². The molecular weight excluding hydrogens is 392 g/mol. The molecule has 0 bridgehead atoms. The summed E-state index contributed by atoms with van der Waals surface area (Å²) < 4.78 is 13.1. The van der Waals surface area contributed by atoms with Gasteiger partial charge in [0.2, 0.25) is 5.88 Å². The van der Waals surface area contributed by atoms with Gasteiger partial charge in [0.25, 0.3) is 5.56 Å². The Labute approximate surface area is 182 Å². The van der Waals surface area contributed by atoms with Crippen LogP contribution in [0.3, 0.4) is 0 Å². The van der Waals surface area contributed by atoms with Crippen LogP contribution in [0.15, 0.2) is 41.3 Å². The van der Waals surface area contributed by atoms with Gasteiger partial charge in [-0.3, -0.25) is 9.78 Å². The van der Waals surface area contributed by atoms with Crippen LogP contribution in [0.5, 0.6) is 5.88 Å². The standard InChI is InChI=1S/C24H28N4O3/c1-15-6-5-7-22(26-15)20-12-18(20)14-31-24-21(13-25-17(3)27-24)19-8-9-23(29)28(16(19)2)10-11-30-4/h5-9,13,18,20H,10-12,14H2,1-4H3. The highest BCUT2D eigenvalue weighted by molar-refractivity contribution is 5.69. The average molecular weight is 421 g/mol. The molecule has 3 aromatic heterocycles. The number of methoxy groups -OCH3 is 1. The summed E-state index contributed by atoms with van der Waals surface area (Å²) in [6.07, 6.45) is 2.84. The van der Waals surface area contributed by atoms with Crippen LogP contribution in [0.1, 0.15) is 35.2 Å². The molecule has 7 nitrogen and oxygen atoms in total. The van der Waals surface area contributed by atoms with Gasteiger partial charge in [0, 0.05) is 60.4 Å². The van der Waals surface area contributed by atoms with Crippen molar-refractivity contribution in [2.45, 2.75) is 39.7 Å². The molecule has 0 amide bonds. The van der Waals surface area contributed by atoms with Crippen molar-refractivity contribution in [3.8, 4) is 17.0 Å². The number of hydrogen-bond donors (Lipinski definition) is 0. The van der Waals surface area contributed by atoms with E-state index in [1.807, 2.05) is 32.9 Å². The second-order valence-corrected chi connectivity index (χ2v) is 8.07. The first-order valence-electron chi connectivity index (χ1n) is 10.6. The van der Waals surface area contributed by atoms with Gasteiger partial charge in [0.05, 0.1) is 18.8 Å². The normalized spacial score (nSPS) is 17.5. The minimum absolute atomic E-state index is 0.0553. The summed E-state index contributed by atoms with van der Waals surface area (Å²) >= 11 is 0. The zero-order chi connectivity index (χ0) is 22.0. The lowest BCUT2D eigenvalue weighted by atomic mass is 10.1. The highest BCUT2D eigenvalue weighted by Gasteiger charge is 2.40. The van der Waals surface area contributed by atoms with E-state index in [2.05, 4.69) is 27.1 Å². The summed E-state index contributed by atoms with van der Waals surface area (Å²) in [5, 5.41) is 0. The summed E-state index contributed by atoms with van der Waals surface area (Å²) in [5.74, 6) is 2.06. The van der Waals surface area contributed by atoms with Crippen molar-refractivity contribution in [3.05, 3.63) is 69.8 Å². The Bertz CT molecular complexity index is 1140. The van der Waals surface area contributed by atoms with Crippen LogP contribution in [0.4, 0.5) is 0 Å². The maximum Gasteiger partial charge on any atom is 0.250 e. The van der Waals surface area contributed by atoms with Gasteiger partial charge in [-0.05, 0) is 45.4 Å². The summed E-state index contributed by atoms with van der Waals surface area (Å²) in [4.78, 5) is 25.9. The minimum Gasteiger partial charge on any atom is -0.477 e. The molecule has 4 rings (SSSR count). The van der Waals surface area contributed by atoms with Gasteiger partial charge < -0.3 is 14.0 Å². The van der Waals surface area contributed by atoms with E-state index in [4.69, 9.17) is 9.47 Å². The summed E-state index contributed by atoms with van der Waals surface area (Å²) in [7, 11) is 1.63. The predicted molar refractivity (Wildman–Crippen MR) is 118 cm³/mol. The molecule has 1 aliphatic rings. The van der Waals surface area contributed by atoms with E-state index in [0.29, 0.717) is 43.3 Å². The monoisotopic (exact) mass is 420 g/mol. The third-order valence-corrected chi connectivity index (χ3v) is 5.78. The lowest BCUT2D eigenvalue weighted by Gasteiger charge is -2.16. The number of pyridine rings is 2. The predicted octanol–water partition coefficient (Wildman–Crippen LogP) is 3.45. The first-order valence-corrected chi connectivity index (χ1v) is 10.6. The van der Waals surface area contributed by atoms with Gasteiger partial charge in [-0.25, -0.2) is 4.98 Å². The molecule has 162 valence electrons. The van der Waals surface area contributed by atoms with E-state index in [-0.39, 0.29) is 5.56 Å². The van der Waals surface area contributed by atoms with Crippen molar-refractivity contribution < 1.29 is 9.47 Å². The molecule has 0 radical (unpaired) electrons. The van der Waals surface area contributed by atoms with E-state index in [1.165, 1.54) is 0 Å². The SMILES string of the molecule is COCCn1c(C)c(-c2cnc(C)nc2OCC2CC2c2cccc(C)n2)ccc1=O. The minimum atomic E-state index is -0.0553. The van der Waals surface area contributed by atoms with Crippen molar-refractivity contribution in [2.75, 3.05) is 20.3 Å². The molecule has 3 aromatic rings. The molecule has 1 saturated carbocycles. The number of rotatable bonds is 8. The Morgan fingerprint density at radius 1 is 1.10 bits per heavy atom. The highest BCUT2D eigenvalue weighted by Crippen LogP contribution is 2.47. The van der Waals surface area contributed by atoms with E-state index in [1.54, 1.807) is 23.9 Å². The first-order chi connectivity index (χ1) is 15.0. The van der Waals surface area contributed by atoms with E-state index in [9.17, 15) is 4.79 Å². The van der Waals surface area contributed by atoms with Crippen LogP contribution < -0.4 is 10.3 Å². The molecule has 0 N–H and O–H groups in total. The Hall–Kier alpha value is -3.06. The summed E-state index contributed by atoms with van der Waals surface area (Å²) in [6.45, 7) is 7.32. The largest absolute Gasteiger partial charge is 0.477 e. The molecule has 7 heteroatoms. The third-order valence-electron chi connectivity index (χ3n) is 5.78. The summed E-state index contributed by atoms with van der Waals surface area (Å²) in [6, 6.07) is 9.55.